The second-order valence-corrected chi connectivity index (χ2v) is 2.94. The Morgan fingerprint density at radius 2 is 1.93 bits per heavy atom. The number of hydrogen-bond donors (Lipinski definition) is 1. The molecule has 0 unspecified atom stereocenters. The molecule has 0 spiro atoms. The lowest BCUT2D eigenvalue weighted by molar-refractivity contribution is -0.142. The number of nitrogen functional groups attached to an aromatic ring is 1. The minimum atomic E-state index is -0.833. The Balaban J connectivity index is 2.90. The highest BCUT2D eigenvalue weighted by atomic mass is 19.1. The summed E-state index contributed by atoms with van der Waals surface area (Å²) in [4.78, 5) is 11.0. The number of ether oxygens (including phenoxy) is 1. The molecule has 1 rings (SSSR count). The van der Waals surface area contributed by atoms with Crippen LogP contribution in [0.25, 0.3) is 0 Å². The van der Waals surface area contributed by atoms with Gasteiger partial charge in [-0.1, -0.05) is 0 Å². The van der Waals surface area contributed by atoms with Crippen molar-refractivity contribution in [1.82, 2.24) is 0 Å². The van der Waals surface area contributed by atoms with Crippen molar-refractivity contribution in [3.63, 3.8) is 0 Å². The summed E-state index contributed by atoms with van der Waals surface area (Å²) in [5.74, 6) is -2.33. The van der Waals surface area contributed by atoms with E-state index in [-0.39, 0.29) is 17.9 Å². The van der Waals surface area contributed by atoms with E-state index in [0.717, 1.165) is 12.1 Å². The van der Waals surface area contributed by atoms with E-state index >= 15 is 0 Å². The average Bonchev–Trinajstić information content (AvgIpc) is 2.11. The standard InChI is InChI=1S/C10H11F2NO2/c1-2-15-10(14)5-7-8(11)3-6(13)4-9(7)12/h3-4H,2,5,13H2,1H3. The molecular formula is C10H11F2NO2. The van der Waals surface area contributed by atoms with E-state index in [4.69, 9.17) is 5.73 Å². The van der Waals surface area contributed by atoms with Gasteiger partial charge in [-0.05, 0) is 19.1 Å². The highest BCUT2D eigenvalue weighted by Crippen LogP contribution is 2.17. The molecule has 0 atom stereocenters. The highest BCUT2D eigenvalue weighted by molar-refractivity contribution is 5.72. The van der Waals surface area contributed by atoms with Crippen LogP contribution in [-0.2, 0) is 16.0 Å². The van der Waals surface area contributed by atoms with Gasteiger partial charge in [0.2, 0.25) is 0 Å². The lowest BCUT2D eigenvalue weighted by Gasteiger charge is -2.05. The van der Waals surface area contributed by atoms with Gasteiger partial charge in [-0.2, -0.15) is 0 Å². The fraction of sp³-hybridized carbons (Fsp3) is 0.300. The van der Waals surface area contributed by atoms with E-state index in [2.05, 4.69) is 4.74 Å². The molecule has 15 heavy (non-hydrogen) atoms. The largest absolute Gasteiger partial charge is 0.466 e. The summed E-state index contributed by atoms with van der Waals surface area (Å²) < 4.78 is 31.0. The van der Waals surface area contributed by atoms with Crippen molar-refractivity contribution in [2.75, 3.05) is 12.3 Å². The van der Waals surface area contributed by atoms with E-state index in [0.29, 0.717) is 0 Å². The van der Waals surface area contributed by atoms with Crippen molar-refractivity contribution < 1.29 is 18.3 Å². The monoisotopic (exact) mass is 215 g/mol. The van der Waals surface area contributed by atoms with Crippen molar-refractivity contribution in [3.05, 3.63) is 29.3 Å². The van der Waals surface area contributed by atoms with E-state index in [1.54, 1.807) is 6.92 Å². The van der Waals surface area contributed by atoms with E-state index < -0.39 is 24.0 Å². The second-order valence-electron chi connectivity index (χ2n) is 2.94. The van der Waals surface area contributed by atoms with Crippen molar-refractivity contribution in [1.29, 1.82) is 0 Å². The number of hydrogen-bond acceptors (Lipinski definition) is 3. The lowest BCUT2D eigenvalue weighted by atomic mass is 10.1. The van der Waals surface area contributed by atoms with Gasteiger partial charge in [-0.15, -0.1) is 0 Å². The minimum absolute atomic E-state index is 0.0161. The first-order valence-corrected chi connectivity index (χ1v) is 4.43. The molecule has 0 heterocycles. The van der Waals surface area contributed by atoms with Crippen LogP contribution in [-0.4, -0.2) is 12.6 Å². The number of halogens is 2. The zero-order valence-corrected chi connectivity index (χ0v) is 8.22. The first-order chi connectivity index (χ1) is 7.04. The molecule has 0 aliphatic carbocycles. The van der Waals surface area contributed by atoms with Crippen molar-refractivity contribution in [2.45, 2.75) is 13.3 Å². The molecule has 0 radical (unpaired) electrons. The Bertz CT molecular complexity index is 357. The Labute approximate surface area is 85.8 Å². The van der Waals surface area contributed by atoms with Crippen LogP contribution in [0.2, 0.25) is 0 Å². The maximum absolute atomic E-state index is 13.2. The number of esters is 1. The molecule has 0 bridgehead atoms. The minimum Gasteiger partial charge on any atom is -0.466 e. The fourth-order valence-corrected chi connectivity index (χ4v) is 1.15. The van der Waals surface area contributed by atoms with Gasteiger partial charge >= 0.3 is 5.97 Å². The van der Waals surface area contributed by atoms with Crippen molar-refractivity contribution in [3.8, 4) is 0 Å². The maximum atomic E-state index is 13.2. The molecule has 5 heteroatoms. The SMILES string of the molecule is CCOC(=O)Cc1c(F)cc(N)cc1F. The third-order valence-corrected chi connectivity index (χ3v) is 1.79. The summed E-state index contributed by atoms with van der Waals surface area (Å²) >= 11 is 0. The van der Waals surface area contributed by atoms with Gasteiger partial charge in [0.25, 0.3) is 0 Å². The molecule has 0 saturated carbocycles. The average molecular weight is 215 g/mol. The van der Waals surface area contributed by atoms with Crippen LogP contribution >= 0.6 is 0 Å². The van der Waals surface area contributed by atoms with Gasteiger partial charge in [0.15, 0.2) is 0 Å². The van der Waals surface area contributed by atoms with Crippen LogP contribution in [0, 0.1) is 11.6 Å². The molecule has 2 N–H and O–H groups in total. The number of anilines is 1. The van der Waals surface area contributed by atoms with Gasteiger partial charge in [-0.3, -0.25) is 4.79 Å². The van der Waals surface area contributed by atoms with Crippen LogP contribution in [0.5, 0.6) is 0 Å². The van der Waals surface area contributed by atoms with E-state index in [1.165, 1.54) is 0 Å². The first kappa shape index (κ1) is 11.4. The zero-order chi connectivity index (χ0) is 11.4. The molecule has 1 aromatic rings. The van der Waals surface area contributed by atoms with Gasteiger partial charge in [0, 0.05) is 11.3 Å². The lowest BCUT2D eigenvalue weighted by Crippen LogP contribution is -2.10. The van der Waals surface area contributed by atoms with Crippen molar-refractivity contribution in [2.24, 2.45) is 0 Å². The normalized spacial score (nSPS) is 10.1. The number of benzene rings is 1. The molecule has 0 aliphatic heterocycles. The fourth-order valence-electron chi connectivity index (χ4n) is 1.15. The van der Waals surface area contributed by atoms with Crippen LogP contribution in [0.3, 0.4) is 0 Å². The van der Waals surface area contributed by atoms with Crippen LogP contribution in [0.15, 0.2) is 12.1 Å². The summed E-state index contributed by atoms with van der Waals surface area (Å²) in [6.45, 7) is 1.80. The Morgan fingerprint density at radius 1 is 1.40 bits per heavy atom. The van der Waals surface area contributed by atoms with Gasteiger partial charge < -0.3 is 10.5 Å². The Hall–Kier alpha value is -1.65. The molecule has 0 saturated heterocycles. The quantitative estimate of drug-likeness (QED) is 0.616. The van der Waals surface area contributed by atoms with Crippen molar-refractivity contribution >= 4 is 11.7 Å². The van der Waals surface area contributed by atoms with Gasteiger partial charge in [0.1, 0.15) is 11.6 Å². The molecule has 0 amide bonds. The first-order valence-electron chi connectivity index (χ1n) is 4.43. The third kappa shape index (κ3) is 2.90. The molecule has 0 aliphatic rings. The predicted octanol–water partition coefficient (Wildman–Crippen LogP) is 1.65. The summed E-state index contributed by atoms with van der Waals surface area (Å²) in [6, 6.07) is 1.94. The molecule has 0 aromatic heterocycles. The summed E-state index contributed by atoms with van der Waals surface area (Å²) in [5.41, 5.74) is 4.89. The topological polar surface area (TPSA) is 52.3 Å². The predicted molar refractivity (Wildman–Crippen MR) is 51.1 cm³/mol. The number of carbonyl (C=O) groups is 1. The van der Waals surface area contributed by atoms with Crippen LogP contribution in [0.4, 0.5) is 14.5 Å². The summed E-state index contributed by atoms with van der Waals surface area (Å²) in [6.07, 6.45) is -0.425. The summed E-state index contributed by atoms with van der Waals surface area (Å²) in [7, 11) is 0. The van der Waals surface area contributed by atoms with Crippen LogP contribution < -0.4 is 5.73 Å². The van der Waals surface area contributed by atoms with Crippen LogP contribution in [0.1, 0.15) is 12.5 Å². The van der Waals surface area contributed by atoms with Gasteiger partial charge in [0.05, 0.1) is 13.0 Å². The van der Waals surface area contributed by atoms with E-state index in [9.17, 15) is 13.6 Å². The summed E-state index contributed by atoms with van der Waals surface area (Å²) in [5, 5.41) is 0. The molecule has 1 aromatic carbocycles. The van der Waals surface area contributed by atoms with Gasteiger partial charge in [-0.25, -0.2) is 8.78 Å². The third-order valence-electron chi connectivity index (χ3n) is 1.79. The Morgan fingerprint density at radius 3 is 2.40 bits per heavy atom. The smallest absolute Gasteiger partial charge is 0.310 e. The molecule has 82 valence electrons. The molecule has 3 nitrogen and oxygen atoms in total. The number of rotatable bonds is 3. The molecular weight excluding hydrogens is 204 g/mol. The van der Waals surface area contributed by atoms with E-state index in [1.807, 2.05) is 0 Å². The maximum Gasteiger partial charge on any atom is 0.310 e. The Kier molecular flexibility index (Phi) is 3.60. The number of nitrogens with two attached hydrogens (primary N) is 1. The number of carbonyl (C=O) groups excluding carboxylic acids is 1. The highest BCUT2D eigenvalue weighted by Gasteiger charge is 2.14. The second kappa shape index (κ2) is 4.72. The molecule has 0 fully saturated rings. The zero-order valence-electron chi connectivity index (χ0n) is 8.22.